The topological polar surface area (TPSA) is 69.6 Å². The molecule has 1 aromatic rings. The van der Waals surface area contributed by atoms with Crippen molar-refractivity contribution in [3.8, 4) is 0 Å². The van der Waals surface area contributed by atoms with Crippen molar-refractivity contribution < 1.29 is 14.7 Å². The number of likely N-dealkylation sites (N-methyl/N-ethyl adjacent to an activating group) is 1. The zero-order valence-corrected chi connectivity index (χ0v) is 12.9. The molecule has 1 heterocycles. The molecule has 0 fully saturated rings. The van der Waals surface area contributed by atoms with Crippen molar-refractivity contribution in [1.29, 1.82) is 0 Å². The number of carbonyl (C=O) groups is 2. The van der Waals surface area contributed by atoms with Crippen LogP contribution < -0.4 is 5.32 Å². The van der Waals surface area contributed by atoms with Gasteiger partial charge in [0.2, 0.25) is 5.91 Å². The summed E-state index contributed by atoms with van der Waals surface area (Å²) in [4.78, 5) is 24.6. The van der Waals surface area contributed by atoms with E-state index in [1.165, 1.54) is 0 Å². The van der Waals surface area contributed by atoms with E-state index in [1.807, 2.05) is 24.1 Å². The number of carboxylic acid groups (broad SMARTS) is 1. The Morgan fingerprint density at radius 2 is 2.17 bits per heavy atom. The van der Waals surface area contributed by atoms with Gasteiger partial charge < -0.3 is 10.4 Å². The number of rotatable bonds is 6. The van der Waals surface area contributed by atoms with Gasteiger partial charge in [0.25, 0.3) is 0 Å². The third-order valence-corrected chi connectivity index (χ3v) is 3.51. The Hall–Kier alpha value is -0.630. The van der Waals surface area contributed by atoms with Crippen LogP contribution in [0.3, 0.4) is 0 Å². The fraction of sp³-hybridized carbons (Fsp3) is 0.400. The molecule has 1 amide bonds. The van der Waals surface area contributed by atoms with E-state index in [9.17, 15) is 9.59 Å². The van der Waals surface area contributed by atoms with Crippen molar-refractivity contribution >= 4 is 51.6 Å². The number of aliphatic carboxylic acids is 1. The average molecular weight is 358 g/mol. The minimum atomic E-state index is -1.04. The molecular weight excluding hydrogens is 344 g/mol. The van der Waals surface area contributed by atoms with Gasteiger partial charge in [-0.2, -0.15) is 0 Å². The van der Waals surface area contributed by atoms with Crippen molar-refractivity contribution in [3.05, 3.63) is 20.8 Å². The van der Waals surface area contributed by atoms with Crippen LogP contribution in [0.15, 0.2) is 15.9 Å². The molecule has 2 N–H and O–H groups in total. The molecule has 0 spiro atoms. The van der Waals surface area contributed by atoms with E-state index in [2.05, 4.69) is 21.2 Å². The lowest BCUT2D eigenvalue weighted by Crippen LogP contribution is -2.37. The predicted molar refractivity (Wildman–Crippen MR) is 76.2 cm³/mol. The van der Waals surface area contributed by atoms with Crippen LogP contribution in [-0.2, 0) is 16.1 Å². The quantitative estimate of drug-likeness (QED) is 0.811. The second kappa shape index (κ2) is 8.47. The second-order valence-corrected chi connectivity index (χ2v) is 6.10. The highest BCUT2D eigenvalue weighted by Gasteiger charge is 2.09. The maximum Gasteiger partial charge on any atom is 0.322 e. The van der Waals surface area contributed by atoms with Gasteiger partial charge in [-0.15, -0.1) is 23.7 Å². The Kier molecular flexibility index (Phi) is 8.17. The summed E-state index contributed by atoms with van der Waals surface area (Å²) >= 11 is 4.98. The smallest absolute Gasteiger partial charge is 0.322 e. The van der Waals surface area contributed by atoms with Crippen molar-refractivity contribution in [2.45, 2.75) is 6.54 Å². The summed E-state index contributed by atoms with van der Waals surface area (Å²) in [7, 11) is 1.81. The van der Waals surface area contributed by atoms with Crippen LogP contribution >= 0.6 is 39.7 Å². The summed E-state index contributed by atoms with van der Waals surface area (Å²) in [6.07, 6.45) is 0. The first-order valence-corrected chi connectivity index (χ1v) is 6.49. The van der Waals surface area contributed by atoms with E-state index in [-0.39, 0.29) is 31.4 Å². The van der Waals surface area contributed by atoms with E-state index in [0.29, 0.717) is 6.54 Å². The number of hydrogen-bond donors (Lipinski definition) is 2. The van der Waals surface area contributed by atoms with Crippen LogP contribution in [0.1, 0.15) is 4.88 Å². The average Bonchev–Trinajstić information content (AvgIpc) is 2.60. The van der Waals surface area contributed by atoms with Crippen molar-refractivity contribution in [1.82, 2.24) is 10.2 Å². The van der Waals surface area contributed by atoms with Crippen LogP contribution in [0.2, 0.25) is 0 Å². The number of carboxylic acids is 1. The molecule has 0 aliphatic rings. The van der Waals surface area contributed by atoms with E-state index in [1.54, 1.807) is 11.3 Å². The van der Waals surface area contributed by atoms with Crippen LogP contribution in [0.25, 0.3) is 0 Å². The standard InChI is InChI=1S/C10H13BrN2O3S.ClH/c1-13(5-7-2-3-8(11)17-7)6-9(14)12-4-10(15)16;/h2-3H,4-6H2,1H3,(H,12,14)(H,15,16);1H. The summed E-state index contributed by atoms with van der Waals surface area (Å²) < 4.78 is 1.05. The van der Waals surface area contributed by atoms with E-state index in [0.717, 1.165) is 8.66 Å². The molecule has 0 unspecified atom stereocenters. The summed E-state index contributed by atoms with van der Waals surface area (Å²) in [6, 6.07) is 3.94. The Morgan fingerprint density at radius 3 is 2.67 bits per heavy atom. The fourth-order valence-electron chi connectivity index (χ4n) is 1.23. The van der Waals surface area contributed by atoms with E-state index < -0.39 is 5.97 Å². The number of nitrogens with zero attached hydrogens (tertiary/aromatic N) is 1. The van der Waals surface area contributed by atoms with Gasteiger partial charge in [0.15, 0.2) is 0 Å². The van der Waals surface area contributed by atoms with Gasteiger partial charge >= 0.3 is 5.97 Å². The Labute approximate surface area is 124 Å². The Morgan fingerprint density at radius 1 is 1.50 bits per heavy atom. The van der Waals surface area contributed by atoms with Gasteiger partial charge in [0.1, 0.15) is 6.54 Å². The maximum atomic E-state index is 11.3. The van der Waals surface area contributed by atoms with Crippen LogP contribution in [0.5, 0.6) is 0 Å². The molecular formula is C10H14BrClN2O3S. The fourth-order valence-corrected chi connectivity index (χ4v) is 2.80. The van der Waals surface area contributed by atoms with Gasteiger partial charge in [-0.1, -0.05) is 0 Å². The van der Waals surface area contributed by atoms with Gasteiger partial charge in [-0.3, -0.25) is 14.5 Å². The van der Waals surface area contributed by atoms with Gasteiger partial charge in [-0.05, 0) is 35.1 Å². The molecule has 18 heavy (non-hydrogen) atoms. The minimum absolute atomic E-state index is 0. The summed E-state index contributed by atoms with van der Waals surface area (Å²) in [6.45, 7) is 0.511. The second-order valence-electron chi connectivity index (χ2n) is 3.55. The lowest BCUT2D eigenvalue weighted by Gasteiger charge is -2.14. The molecule has 102 valence electrons. The summed E-state index contributed by atoms with van der Waals surface area (Å²) in [5, 5.41) is 10.7. The molecule has 0 saturated carbocycles. The highest BCUT2D eigenvalue weighted by Crippen LogP contribution is 2.22. The molecule has 0 bridgehead atoms. The number of thiophene rings is 1. The highest BCUT2D eigenvalue weighted by molar-refractivity contribution is 9.11. The Balaban J connectivity index is 0.00000289. The lowest BCUT2D eigenvalue weighted by molar-refractivity contribution is -0.138. The molecule has 0 radical (unpaired) electrons. The van der Waals surface area contributed by atoms with Crippen molar-refractivity contribution in [2.75, 3.05) is 20.1 Å². The van der Waals surface area contributed by atoms with Gasteiger partial charge in [-0.25, -0.2) is 0 Å². The normalized spacial score (nSPS) is 9.94. The number of hydrogen-bond acceptors (Lipinski definition) is 4. The molecule has 8 heteroatoms. The van der Waals surface area contributed by atoms with Crippen LogP contribution in [0, 0.1) is 0 Å². The predicted octanol–water partition coefficient (Wildman–Crippen LogP) is 1.57. The zero-order valence-electron chi connectivity index (χ0n) is 9.68. The van der Waals surface area contributed by atoms with Gasteiger partial charge in [0.05, 0.1) is 10.3 Å². The molecule has 5 nitrogen and oxygen atoms in total. The molecule has 0 atom stereocenters. The third kappa shape index (κ3) is 6.95. The Bertz CT molecular complexity index is 414. The first-order chi connectivity index (χ1) is 7.97. The van der Waals surface area contributed by atoms with Gasteiger partial charge in [0, 0.05) is 11.4 Å². The number of nitrogens with one attached hydrogen (secondary N) is 1. The molecule has 0 aliphatic carbocycles. The summed E-state index contributed by atoms with van der Waals surface area (Å²) in [5.41, 5.74) is 0. The minimum Gasteiger partial charge on any atom is -0.480 e. The van der Waals surface area contributed by atoms with E-state index in [4.69, 9.17) is 5.11 Å². The molecule has 0 saturated heterocycles. The summed E-state index contributed by atoms with van der Waals surface area (Å²) in [5.74, 6) is -1.33. The largest absolute Gasteiger partial charge is 0.480 e. The van der Waals surface area contributed by atoms with Crippen molar-refractivity contribution in [3.63, 3.8) is 0 Å². The SMILES string of the molecule is CN(CC(=O)NCC(=O)O)Cc1ccc(Br)s1.Cl. The molecule has 1 aromatic heterocycles. The highest BCUT2D eigenvalue weighted by atomic mass is 79.9. The van der Waals surface area contributed by atoms with E-state index >= 15 is 0 Å². The number of halogens is 2. The first kappa shape index (κ1) is 17.4. The molecule has 0 aromatic carbocycles. The zero-order chi connectivity index (χ0) is 12.8. The van der Waals surface area contributed by atoms with Crippen LogP contribution in [-0.4, -0.2) is 42.0 Å². The van der Waals surface area contributed by atoms with Crippen molar-refractivity contribution in [2.24, 2.45) is 0 Å². The third-order valence-electron chi connectivity index (χ3n) is 1.90. The monoisotopic (exact) mass is 356 g/mol. The maximum absolute atomic E-state index is 11.3. The van der Waals surface area contributed by atoms with Crippen LogP contribution in [0.4, 0.5) is 0 Å². The number of amides is 1. The number of carbonyl (C=O) groups excluding carboxylic acids is 1. The first-order valence-electron chi connectivity index (χ1n) is 4.88. The molecule has 1 rings (SSSR count). The molecule has 0 aliphatic heterocycles. The lowest BCUT2D eigenvalue weighted by atomic mass is 10.4.